The van der Waals surface area contributed by atoms with Crippen LogP contribution in [-0.2, 0) is 4.79 Å². The number of hydrogen-bond donors (Lipinski definition) is 2. The highest BCUT2D eigenvalue weighted by molar-refractivity contribution is 5.85. The summed E-state index contributed by atoms with van der Waals surface area (Å²) < 4.78 is 0. The van der Waals surface area contributed by atoms with Crippen LogP contribution in [0.1, 0.15) is 52.9 Å². The minimum absolute atomic E-state index is 0. The third-order valence-electron chi connectivity index (χ3n) is 3.99. The molecule has 0 saturated carbocycles. The molecule has 1 amide bonds. The summed E-state index contributed by atoms with van der Waals surface area (Å²) in [7, 11) is 0. The van der Waals surface area contributed by atoms with E-state index < -0.39 is 0 Å². The second-order valence-electron chi connectivity index (χ2n) is 6.78. The summed E-state index contributed by atoms with van der Waals surface area (Å²) in [6.45, 7) is 11.1. The highest BCUT2D eigenvalue weighted by Gasteiger charge is 2.20. The van der Waals surface area contributed by atoms with E-state index in [4.69, 9.17) is 5.73 Å². The van der Waals surface area contributed by atoms with E-state index >= 15 is 0 Å². The molecule has 1 heterocycles. The fourth-order valence-electron chi connectivity index (χ4n) is 3.11. The number of nitrogens with two attached hydrogens (primary N) is 1. The quantitative estimate of drug-likeness (QED) is 0.658. The Morgan fingerprint density at radius 3 is 2.36 bits per heavy atom. The number of piperidine rings is 1. The van der Waals surface area contributed by atoms with Crippen LogP contribution >= 0.6 is 24.8 Å². The minimum atomic E-state index is 0. The molecule has 0 spiro atoms. The highest BCUT2D eigenvalue weighted by Crippen LogP contribution is 2.20. The van der Waals surface area contributed by atoms with Gasteiger partial charge in [0.1, 0.15) is 0 Å². The lowest BCUT2D eigenvalue weighted by Gasteiger charge is -2.34. The van der Waals surface area contributed by atoms with Gasteiger partial charge in [-0.25, -0.2) is 0 Å². The maximum Gasteiger partial charge on any atom is 0.220 e. The van der Waals surface area contributed by atoms with Gasteiger partial charge in [0, 0.05) is 32.1 Å². The van der Waals surface area contributed by atoms with Gasteiger partial charge in [0.15, 0.2) is 0 Å². The number of rotatable bonds is 8. The van der Waals surface area contributed by atoms with E-state index in [1.54, 1.807) is 0 Å². The van der Waals surface area contributed by atoms with E-state index in [2.05, 4.69) is 24.1 Å². The van der Waals surface area contributed by atoms with Gasteiger partial charge in [-0.3, -0.25) is 4.79 Å². The summed E-state index contributed by atoms with van der Waals surface area (Å²) in [5.74, 6) is 1.80. The topological polar surface area (TPSA) is 58.4 Å². The first kappa shape index (κ1) is 24.2. The number of unbranched alkanes of at least 4 members (excludes halogenated alkanes) is 1. The number of hydrogen-bond acceptors (Lipinski definition) is 3. The summed E-state index contributed by atoms with van der Waals surface area (Å²) in [6, 6.07) is 0.115. The average Bonchev–Trinajstić information content (AvgIpc) is 2.34. The van der Waals surface area contributed by atoms with Crippen molar-refractivity contribution in [1.82, 2.24) is 10.2 Å². The van der Waals surface area contributed by atoms with Gasteiger partial charge in [-0.1, -0.05) is 13.8 Å². The maximum atomic E-state index is 11.5. The summed E-state index contributed by atoms with van der Waals surface area (Å²) in [5, 5.41) is 2.98. The molecule has 3 N–H and O–H groups in total. The molecule has 0 aliphatic carbocycles. The monoisotopic (exact) mass is 355 g/mol. The number of nitrogens with zero attached hydrogens (tertiary/aromatic N) is 1. The molecule has 0 radical (unpaired) electrons. The van der Waals surface area contributed by atoms with Gasteiger partial charge >= 0.3 is 0 Å². The van der Waals surface area contributed by atoms with Crippen LogP contribution in [0.15, 0.2) is 0 Å². The maximum absolute atomic E-state index is 11.5. The Balaban J connectivity index is 0. The van der Waals surface area contributed by atoms with Crippen LogP contribution in [0.4, 0.5) is 0 Å². The van der Waals surface area contributed by atoms with E-state index in [1.807, 2.05) is 6.92 Å². The molecule has 1 fully saturated rings. The minimum Gasteiger partial charge on any atom is -0.356 e. The number of amides is 1. The SMILES string of the molecule is CC(N)CCC(=O)NCCCCN1CC(C)CC(C)C1.Cl.Cl. The largest absolute Gasteiger partial charge is 0.356 e. The molecule has 0 bridgehead atoms. The van der Waals surface area contributed by atoms with E-state index in [0.717, 1.165) is 31.2 Å². The molecule has 0 aromatic heterocycles. The molecule has 1 aliphatic rings. The predicted molar refractivity (Wildman–Crippen MR) is 99.0 cm³/mol. The molecular weight excluding hydrogens is 321 g/mol. The number of carbonyl (C=O) groups is 1. The van der Waals surface area contributed by atoms with Crippen molar-refractivity contribution >= 4 is 30.7 Å². The van der Waals surface area contributed by atoms with Crippen molar-refractivity contribution < 1.29 is 4.79 Å². The fourth-order valence-corrected chi connectivity index (χ4v) is 3.11. The van der Waals surface area contributed by atoms with Crippen LogP contribution < -0.4 is 11.1 Å². The zero-order chi connectivity index (χ0) is 15.0. The lowest BCUT2D eigenvalue weighted by atomic mass is 9.92. The van der Waals surface area contributed by atoms with E-state index in [0.29, 0.717) is 6.42 Å². The first-order valence-electron chi connectivity index (χ1n) is 8.22. The Kier molecular flexibility index (Phi) is 14.8. The molecule has 22 heavy (non-hydrogen) atoms. The zero-order valence-corrected chi connectivity index (χ0v) is 16.0. The lowest BCUT2D eigenvalue weighted by Crippen LogP contribution is -2.39. The molecule has 1 aliphatic heterocycles. The van der Waals surface area contributed by atoms with E-state index in [9.17, 15) is 4.79 Å². The molecular formula is C16H35Cl2N3O. The van der Waals surface area contributed by atoms with Gasteiger partial charge in [0.25, 0.3) is 0 Å². The van der Waals surface area contributed by atoms with Crippen LogP contribution in [0, 0.1) is 11.8 Å². The van der Waals surface area contributed by atoms with Crippen molar-refractivity contribution in [3.8, 4) is 0 Å². The van der Waals surface area contributed by atoms with Crippen LogP contribution in [0.25, 0.3) is 0 Å². The Morgan fingerprint density at radius 1 is 1.23 bits per heavy atom. The van der Waals surface area contributed by atoms with Crippen molar-refractivity contribution in [3.63, 3.8) is 0 Å². The average molecular weight is 356 g/mol. The van der Waals surface area contributed by atoms with Gasteiger partial charge in [-0.05, 0) is 51.0 Å². The predicted octanol–water partition coefficient (Wildman–Crippen LogP) is 2.83. The number of likely N-dealkylation sites (tertiary alicyclic amines) is 1. The molecule has 3 atom stereocenters. The van der Waals surface area contributed by atoms with Gasteiger partial charge in [0.2, 0.25) is 5.91 Å². The highest BCUT2D eigenvalue weighted by atomic mass is 35.5. The Labute approximate surface area is 148 Å². The lowest BCUT2D eigenvalue weighted by molar-refractivity contribution is -0.121. The third kappa shape index (κ3) is 11.5. The van der Waals surface area contributed by atoms with Crippen LogP contribution in [-0.4, -0.2) is 43.0 Å². The summed E-state index contributed by atoms with van der Waals surface area (Å²) in [6.07, 6.45) is 4.94. The molecule has 134 valence electrons. The summed E-state index contributed by atoms with van der Waals surface area (Å²) in [4.78, 5) is 14.1. The molecule has 1 rings (SSSR count). The first-order chi connectivity index (χ1) is 9.47. The van der Waals surface area contributed by atoms with Crippen molar-refractivity contribution in [2.75, 3.05) is 26.2 Å². The van der Waals surface area contributed by atoms with Crippen molar-refractivity contribution in [1.29, 1.82) is 0 Å². The second kappa shape index (κ2) is 13.4. The van der Waals surface area contributed by atoms with E-state index in [1.165, 1.54) is 32.5 Å². The van der Waals surface area contributed by atoms with Gasteiger partial charge in [-0.2, -0.15) is 0 Å². The zero-order valence-electron chi connectivity index (χ0n) is 14.3. The van der Waals surface area contributed by atoms with Crippen LogP contribution in [0.3, 0.4) is 0 Å². The summed E-state index contributed by atoms with van der Waals surface area (Å²) >= 11 is 0. The molecule has 1 saturated heterocycles. The van der Waals surface area contributed by atoms with Gasteiger partial charge < -0.3 is 16.0 Å². The molecule has 4 nitrogen and oxygen atoms in total. The Hall–Kier alpha value is -0.0300. The van der Waals surface area contributed by atoms with E-state index in [-0.39, 0.29) is 36.8 Å². The number of nitrogens with one attached hydrogen (secondary N) is 1. The molecule has 3 unspecified atom stereocenters. The van der Waals surface area contributed by atoms with Gasteiger partial charge in [-0.15, -0.1) is 24.8 Å². The Bertz CT molecular complexity index is 281. The normalized spacial score (nSPS) is 23.1. The van der Waals surface area contributed by atoms with Crippen molar-refractivity contribution in [3.05, 3.63) is 0 Å². The van der Waals surface area contributed by atoms with Crippen molar-refractivity contribution in [2.24, 2.45) is 17.6 Å². The number of carbonyl (C=O) groups excluding carboxylic acids is 1. The third-order valence-corrected chi connectivity index (χ3v) is 3.99. The van der Waals surface area contributed by atoms with Crippen LogP contribution in [0.5, 0.6) is 0 Å². The van der Waals surface area contributed by atoms with Crippen molar-refractivity contribution in [2.45, 2.75) is 58.9 Å². The van der Waals surface area contributed by atoms with Gasteiger partial charge in [0.05, 0.1) is 0 Å². The standard InChI is InChI=1S/C16H33N3O.2ClH/c1-13-10-14(2)12-19(11-13)9-5-4-8-18-16(20)7-6-15(3)17;;/h13-15H,4-12,17H2,1-3H3,(H,18,20);2*1H. The van der Waals surface area contributed by atoms with Crippen LogP contribution in [0.2, 0.25) is 0 Å². The second-order valence-corrected chi connectivity index (χ2v) is 6.78. The number of halogens is 2. The molecule has 6 heteroatoms. The fraction of sp³-hybridized carbons (Fsp3) is 0.938. The molecule has 0 aromatic rings. The first-order valence-corrected chi connectivity index (χ1v) is 8.22. The summed E-state index contributed by atoms with van der Waals surface area (Å²) in [5.41, 5.74) is 5.64. The molecule has 0 aromatic carbocycles. The smallest absolute Gasteiger partial charge is 0.220 e. The Morgan fingerprint density at radius 2 is 1.82 bits per heavy atom.